The summed E-state index contributed by atoms with van der Waals surface area (Å²) in [7, 11) is 0. The Kier molecular flexibility index (Phi) is 2.85. The SMILES string of the molecule is Nc1cnc(-c2c(F)cccc2F)nc1C(O)=C1CC1. The van der Waals surface area contributed by atoms with Crippen LogP contribution in [0, 0.1) is 11.6 Å². The highest BCUT2D eigenvalue weighted by Gasteiger charge is 2.23. The minimum absolute atomic E-state index is 0.0251. The van der Waals surface area contributed by atoms with E-state index in [0.29, 0.717) is 0 Å². The molecule has 1 aliphatic carbocycles. The van der Waals surface area contributed by atoms with Gasteiger partial charge in [0.1, 0.15) is 23.1 Å². The molecule has 0 bridgehead atoms. The van der Waals surface area contributed by atoms with E-state index in [-0.39, 0.29) is 28.5 Å². The zero-order valence-electron chi connectivity index (χ0n) is 10.4. The number of nitrogen functional groups attached to an aromatic ring is 1. The molecule has 1 aromatic heterocycles. The number of allylic oxidation sites excluding steroid dienone is 1. The monoisotopic (exact) mass is 275 g/mol. The van der Waals surface area contributed by atoms with Gasteiger partial charge >= 0.3 is 0 Å². The van der Waals surface area contributed by atoms with Crippen LogP contribution >= 0.6 is 0 Å². The summed E-state index contributed by atoms with van der Waals surface area (Å²) in [4.78, 5) is 7.84. The van der Waals surface area contributed by atoms with Gasteiger partial charge in [-0.25, -0.2) is 18.7 Å². The first-order chi connectivity index (χ1) is 9.58. The molecule has 0 saturated heterocycles. The Labute approximate surface area is 113 Å². The Hall–Kier alpha value is -2.50. The molecule has 1 aliphatic rings. The molecule has 102 valence electrons. The minimum Gasteiger partial charge on any atom is -0.506 e. The van der Waals surface area contributed by atoms with Gasteiger partial charge in [-0.15, -0.1) is 0 Å². The summed E-state index contributed by atoms with van der Waals surface area (Å²) < 4.78 is 27.4. The average Bonchev–Trinajstić information content (AvgIpc) is 3.24. The molecule has 6 heteroatoms. The maximum atomic E-state index is 13.7. The summed E-state index contributed by atoms with van der Waals surface area (Å²) in [5, 5.41) is 9.97. The van der Waals surface area contributed by atoms with Crippen LogP contribution in [0.15, 0.2) is 30.0 Å². The number of hydrogen-bond acceptors (Lipinski definition) is 4. The third kappa shape index (κ3) is 2.09. The van der Waals surface area contributed by atoms with Gasteiger partial charge in [0.2, 0.25) is 0 Å². The summed E-state index contributed by atoms with van der Waals surface area (Å²) >= 11 is 0. The molecular formula is C14H11F2N3O. The van der Waals surface area contributed by atoms with E-state index in [2.05, 4.69) is 9.97 Å². The lowest BCUT2D eigenvalue weighted by molar-refractivity contribution is 0.506. The van der Waals surface area contributed by atoms with Crippen LogP contribution in [0.4, 0.5) is 14.5 Å². The van der Waals surface area contributed by atoms with Crippen molar-refractivity contribution in [1.29, 1.82) is 0 Å². The summed E-state index contributed by atoms with van der Waals surface area (Å²) in [6.07, 6.45) is 2.79. The van der Waals surface area contributed by atoms with Gasteiger partial charge in [-0.1, -0.05) is 6.07 Å². The van der Waals surface area contributed by atoms with Gasteiger partial charge in [-0.3, -0.25) is 0 Å². The first-order valence-electron chi connectivity index (χ1n) is 6.06. The van der Waals surface area contributed by atoms with Crippen molar-refractivity contribution in [2.45, 2.75) is 12.8 Å². The number of benzene rings is 1. The number of halogens is 2. The molecule has 0 atom stereocenters. The van der Waals surface area contributed by atoms with Gasteiger partial charge in [0.25, 0.3) is 0 Å². The maximum absolute atomic E-state index is 13.7. The fourth-order valence-corrected chi connectivity index (χ4v) is 1.88. The highest BCUT2D eigenvalue weighted by atomic mass is 19.1. The number of nitrogens with zero attached hydrogens (tertiary/aromatic N) is 2. The van der Waals surface area contributed by atoms with Crippen molar-refractivity contribution in [1.82, 2.24) is 9.97 Å². The molecule has 3 N–H and O–H groups in total. The predicted octanol–water partition coefficient (Wildman–Crippen LogP) is 3.07. The van der Waals surface area contributed by atoms with Gasteiger partial charge in [-0.05, 0) is 30.5 Å². The normalized spacial score (nSPS) is 13.4. The quantitative estimate of drug-likeness (QED) is 0.826. The van der Waals surface area contributed by atoms with Crippen LogP contribution < -0.4 is 5.73 Å². The van der Waals surface area contributed by atoms with Gasteiger partial charge in [-0.2, -0.15) is 0 Å². The van der Waals surface area contributed by atoms with Crippen molar-refractivity contribution in [2.75, 3.05) is 5.73 Å². The lowest BCUT2D eigenvalue weighted by Gasteiger charge is -2.08. The van der Waals surface area contributed by atoms with Crippen LogP contribution in [0.5, 0.6) is 0 Å². The van der Waals surface area contributed by atoms with E-state index >= 15 is 0 Å². The van der Waals surface area contributed by atoms with E-state index in [9.17, 15) is 13.9 Å². The van der Waals surface area contributed by atoms with E-state index in [0.717, 1.165) is 30.5 Å². The fraction of sp³-hybridized carbons (Fsp3) is 0.143. The first kappa shape index (κ1) is 12.5. The highest BCUT2D eigenvalue weighted by molar-refractivity contribution is 5.72. The molecule has 0 spiro atoms. The smallest absolute Gasteiger partial charge is 0.166 e. The van der Waals surface area contributed by atoms with Gasteiger partial charge in [0, 0.05) is 0 Å². The Morgan fingerprint density at radius 2 is 1.85 bits per heavy atom. The van der Waals surface area contributed by atoms with E-state index in [1.807, 2.05) is 0 Å². The molecule has 1 saturated carbocycles. The minimum atomic E-state index is -0.765. The number of nitrogens with two attached hydrogens (primary N) is 1. The number of aromatic nitrogens is 2. The van der Waals surface area contributed by atoms with Crippen LogP contribution in [-0.4, -0.2) is 15.1 Å². The zero-order chi connectivity index (χ0) is 14.3. The van der Waals surface area contributed by atoms with E-state index in [4.69, 9.17) is 5.73 Å². The van der Waals surface area contributed by atoms with Crippen molar-refractivity contribution in [3.8, 4) is 11.4 Å². The summed E-state index contributed by atoms with van der Waals surface area (Å²) in [5.74, 6) is -1.70. The lowest BCUT2D eigenvalue weighted by atomic mass is 10.1. The molecule has 20 heavy (non-hydrogen) atoms. The third-order valence-corrected chi connectivity index (χ3v) is 3.06. The van der Waals surface area contributed by atoms with Crippen molar-refractivity contribution >= 4 is 11.4 Å². The van der Waals surface area contributed by atoms with E-state index in [1.54, 1.807) is 0 Å². The van der Waals surface area contributed by atoms with E-state index < -0.39 is 11.6 Å². The number of aliphatic hydroxyl groups excluding tert-OH is 1. The maximum Gasteiger partial charge on any atom is 0.166 e. The largest absolute Gasteiger partial charge is 0.506 e. The second-order valence-corrected chi connectivity index (χ2v) is 4.55. The molecule has 2 aromatic rings. The van der Waals surface area contributed by atoms with Crippen molar-refractivity contribution in [3.63, 3.8) is 0 Å². The second-order valence-electron chi connectivity index (χ2n) is 4.55. The van der Waals surface area contributed by atoms with Crippen molar-refractivity contribution in [2.24, 2.45) is 0 Å². The summed E-state index contributed by atoms with van der Waals surface area (Å²) in [6, 6.07) is 3.50. The van der Waals surface area contributed by atoms with Gasteiger partial charge in [0.05, 0.1) is 17.4 Å². The molecule has 0 aliphatic heterocycles. The standard InChI is InChI=1S/C14H11F2N3O/c15-8-2-1-3-9(16)11(8)14-18-6-10(17)12(19-14)13(20)7-4-5-7/h1-3,6,20H,4-5,17H2. The Morgan fingerprint density at radius 1 is 1.20 bits per heavy atom. The molecule has 0 amide bonds. The molecule has 3 rings (SSSR count). The predicted molar refractivity (Wildman–Crippen MR) is 70.6 cm³/mol. The van der Waals surface area contributed by atoms with Crippen LogP contribution in [0.2, 0.25) is 0 Å². The molecule has 0 unspecified atom stereocenters. The van der Waals surface area contributed by atoms with Gasteiger partial charge < -0.3 is 10.8 Å². The number of anilines is 1. The average molecular weight is 275 g/mol. The summed E-state index contributed by atoms with van der Waals surface area (Å²) in [5.41, 5.74) is 6.49. The fourth-order valence-electron chi connectivity index (χ4n) is 1.88. The van der Waals surface area contributed by atoms with Crippen molar-refractivity contribution < 1.29 is 13.9 Å². The van der Waals surface area contributed by atoms with Crippen LogP contribution in [-0.2, 0) is 0 Å². The molecular weight excluding hydrogens is 264 g/mol. The lowest BCUT2D eigenvalue weighted by Crippen LogP contribution is -2.03. The second kappa shape index (κ2) is 4.56. The number of hydrogen-bond donors (Lipinski definition) is 2. The molecule has 1 fully saturated rings. The summed E-state index contributed by atoms with van der Waals surface area (Å²) in [6.45, 7) is 0. The van der Waals surface area contributed by atoms with E-state index in [1.165, 1.54) is 12.3 Å². The number of aliphatic hydroxyl groups is 1. The Bertz CT molecular complexity index is 702. The third-order valence-electron chi connectivity index (χ3n) is 3.06. The zero-order valence-corrected chi connectivity index (χ0v) is 10.4. The topological polar surface area (TPSA) is 72.0 Å². The van der Waals surface area contributed by atoms with Gasteiger partial charge in [0.15, 0.2) is 5.82 Å². The Morgan fingerprint density at radius 3 is 2.45 bits per heavy atom. The first-order valence-corrected chi connectivity index (χ1v) is 6.06. The highest BCUT2D eigenvalue weighted by Crippen LogP contribution is 2.36. The number of rotatable bonds is 2. The molecule has 4 nitrogen and oxygen atoms in total. The van der Waals surface area contributed by atoms with Crippen LogP contribution in [0.25, 0.3) is 17.1 Å². The van der Waals surface area contributed by atoms with Crippen LogP contribution in [0.3, 0.4) is 0 Å². The Balaban J connectivity index is 2.17. The molecule has 0 radical (unpaired) electrons. The molecule has 1 heterocycles. The molecule has 1 aromatic carbocycles. The van der Waals surface area contributed by atoms with Crippen molar-refractivity contribution in [3.05, 3.63) is 47.3 Å². The van der Waals surface area contributed by atoms with Crippen LogP contribution in [0.1, 0.15) is 18.5 Å².